The third-order valence-corrected chi connectivity index (χ3v) is 4.25. The van der Waals surface area contributed by atoms with Crippen LogP contribution in [0.15, 0.2) is 0 Å². The zero-order valence-corrected chi connectivity index (χ0v) is 10.8. The molecule has 3 nitrogen and oxygen atoms in total. The van der Waals surface area contributed by atoms with Gasteiger partial charge in [-0.05, 0) is 37.6 Å². The monoisotopic (exact) mass is 226 g/mol. The molecule has 0 aliphatic carbocycles. The summed E-state index contributed by atoms with van der Waals surface area (Å²) in [7, 11) is 0. The number of nitrogens with two attached hydrogens (primary N) is 1. The van der Waals surface area contributed by atoms with Crippen molar-refractivity contribution in [2.45, 2.75) is 45.1 Å². The van der Waals surface area contributed by atoms with Crippen LogP contribution in [0.1, 0.15) is 39.5 Å². The van der Waals surface area contributed by atoms with Gasteiger partial charge in [0.05, 0.1) is 12.1 Å². The molecule has 0 amide bonds. The van der Waals surface area contributed by atoms with Crippen molar-refractivity contribution in [3.63, 3.8) is 0 Å². The molecular formula is C13H26N2O. The van der Waals surface area contributed by atoms with Crippen LogP contribution in [-0.2, 0) is 4.74 Å². The second-order valence-electron chi connectivity index (χ2n) is 6.27. The molecule has 2 fully saturated rings. The van der Waals surface area contributed by atoms with Gasteiger partial charge in [-0.25, -0.2) is 0 Å². The highest BCUT2D eigenvalue weighted by Crippen LogP contribution is 2.35. The third-order valence-electron chi connectivity index (χ3n) is 4.25. The highest BCUT2D eigenvalue weighted by Gasteiger charge is 2.41. The minimum atomic E-state index is 0.135. The molecule has 2 N–H and O–H groups in total. The van der Waals surface area contributed by atoms with Crippen LogP contribution in [0.25, 0.3) is 0 Å². The lowest BCUT2D eigenvalue weighted by Crippen LogP contribution is -2.62. The standard InChI is InChI=1S/C13H26N2O/c1-12(2)5-3-7-15(10-12)13(9-14)6-4-8-16-11-13/h3-11,14H2,1-2H3. The summed E-state index contributed by atoms with van der Waals surface area (Å²) in [6, 6.07) is 0. The fourth-order valence-corrected chi connectivity index (χ4v) is 3.21. The summed E-state index contributed by atoms with van der Waals surface area (Å²) in [6.07, 6.45) is 5.01. The molecule has 0 spiro atoms. The van der Waals surface area contributed by atoms with Crippen molar-refractivity contribution in [1.29, 1.82) is 0 Å². The Balaban J connectivity index is 2.08. The van der Waals surface area contributed by atoms with Crippen molar-refractivity contribution in [3.05, 3.63) is 0 Å². The minimum absolute atomic E-state index is 0.135. The average molecular weight is 226 g/mol. The van der Waals surface area contributed by atoms with Crippen LogP contribution < -0.4 is 5.73 Å². The summed E-state index contributed by atoms with van der Waals surface area (Å²) in [6.45, 7) is 9.60. The van der Waals surface area contributed by atoms with Crippen LogP contribution in [0.5, 0.6) is 0 Å². The summed E-state index contributed by atoms with van der Waals surface area (Å²) < 4.78 is 5.68. The van der Waals surface area contributed by atoms with Crippen LogP contribution in [0.2, 0.25) is 0 Å². The van der Waals surface area contributed by atoms with Crippen molar-refractivity contribution in [2.75, 3.05) is 32.8 Å². The first-order chi connectivity index (χ1) is 7.58. The number of likely N-dealkylation sites (tertiary alicyclic amines) is 1. The maximum Gasteiger partial charge on any atom is 0.0662 e. The van der Waals surface area contributed by atoms with Gasteiger partial charge in [-0.2, -0.15) is 0 Å². The van der Waals surface area contributed by atoms with E-state index in [-0.39, 0.29) is 5.54 Å². The molecule has 0 radical (unpaired) electrons. The van der Waals surface area contributed by atoms with Crippen LogP contribution in [0.4, 0.5) is 0 Å². The zero-order valence-electron chi connectivity index (χ0n) is 10.8. The van der Waals surface area contributed by atoms with E-state index >= 15 is 0 Å². The fourth-order valence-electron chi connectivity index (χ4n) is 3.21. The van der Waals surface area contributed by atoms with Gasteiger partial charge in [0.1, 0.15) is 0 Å². The number of rotatable bonds is 2. The molecule has 1 atom stereocenters. The molecule has 0 bridgehead atoms. The minimum Gasteiger partial charge on any atom is -0.379 e. The maximum atomic E-state index is 6.04. The maximum absolute atomic E-state index is 6.04. The molecule has 0 aromatic rings. The lowest BCUT2D eigenvalue weighted by molar-refractivity contribution is -0.0701. The second-order valence-corrected chi connectivity index (χ2v) is 6.27. The van der Waals surface area contributed by atoms with E-state index < -0.39 is 0 Å². The molecule has 16 heavy (non-hydrogen) atoms. The number of nitrogens with zero attached hydrogens (tertiary/aromatic N) is 1. The second kappa shape index (κ2) is 4.63. The Bertz CT molecular complexity index is 234. The molecule has 0 saturated carbocycles. The summed E-state index contributed by atoms with van der Waals surface area (Å²) >= 11 is 0. The number of hydrogen-bond acceptors (Lipinski definition) is 3. The Morgan fingerprint density at radius 1 is 1.25 bits per heavy atom. The van der Waals surface area contributed by atoms with E-state index in [0.29, 0.717) is 5.41 Å². The fraction of sp³-hybridized carbons (Fsp3) is 1.00. The molecule has 2 saturated heterocycles. The first-order valence-electron chi connectivity index (χ1n) is 6.61. The van der Waals surface area contributed by atoms with E-state index in [4.69, 9.17) is 10.5 Å². The Labute approximate surface area is 99.3 Å². The smallest absolute Gasteiger partial charge is 0.0662 e. The van der Waals surface area contributed by atoms with Crippen LogP contribution in [0, 0.1) is 5.41 Å². The highest BCUT2D eigenvalue weighted by atomic mass is 16.5. The number of ether oxygens (including phenoxy) is 1. The average Bonchev–Trinajstić information content (AvgIpc) is 2.29. The number of piperidine rings is 1. The topological polar surface area (TPSA) is 38.5 Å². The quantitative estimate of drug-likeness (QED) is 0.777. The lowest BCUT2D eigenvalue weighted by atomic mass is 9.80. The lowest BCUT2D eigenvalue weighted by Gasteiger charge is -2.51. The summed E-state index contributed by atoms with van der Waals surface area (Å²) in [5.74, 6) is 0. The van der Waals surface area contributed by atoms with Gasteiger partial charge in [0.15, 0.2) is 0 Å². The molecule has 1 unspecified atom stereocenters. The van der Waals surface area contributed by atoms with Crippen molar-refractivity contribution < 1.29 is 4.74 Å². The molecule has 2 aliphatic rings. The third kappa shape index (κ3) is 2.41. The first-order valence-corrected chi connectivity index (χ1v) is 6.61. The van der Waals surface area contributed by atoms with E-state index in [1.165, 1.54) is 32.4 Å². The van der Waals surface area contributed by atoms with Crippen molar-refractivity contribution in [3.8, 4) is 0 Å². The molecule has 94 valence electrons. The Morgan fingerprint density at radius 3 is 2.62 bits per heavy atom. The van der Waals surface area contributed by atoms with E-state index in [1.807, 2.05) is 0 Å². The Kier molecular flexibility index (Phi) is 3.57. The van der Waals surface area contributed by atoms with Gasteiger partial charge in [-0.1, -0.05) is 13.8 Å². The molecule has 2 rings (SSSR count). The summed E-state index contributed by atoms with van der Waals surface area (Å²) in [5.41, 5.74) is 6.61. The van der Waals surface area contributed by atoms with E-state index in [1.54, 1.807) is 0 Å². The molecule has 2 aliphatic heterocycles. The van der Waals surface area contributed by atoms with E-state index in [0.717, 1.165) is 26.2 Å². The Hall–Kier alpha value is -0.120. The van der Waals surface area contributed by atoms with Gasteiger partial charge in [-0.3, -0.25) is 4.90 Å². The zero-order chi connectivity index (χ0) is 11.6. The normalized spacial score (nSPS) is 36.2. The number of hydrogen-bond donors (Lipinski definition) is 1. The van der Waals surface area contributed by atoms with Crippen LogP contribution >= 0.6 is 0 Å². The van der Waals surface area contributed by atoms with E-state index in [2.05, 4.69) is 18.7 Å². The van der Waals surface area contributed by atoms with E-state index in [9.17, 15) is 0 Å². The summed E-state index contributed by atoms with van der Waals surface area (Å²) in [4.78, 5) is 2.61. The van der Waals surface area contributed by atoms with Crippen LogP contribution in [0.3, 0.4) is 0 Å². The van der Waals surface area contributed by atoms with Crippen molar-refractivity contribution >= 4 is 0 Å². The van der Waals surface area contributed by atoms with Gasteiger partial charge in [-0.15, -0.1) is 0 Å². The Morgan fingerprint density at radius 2 is 2.06 bits per heavy atom. The van der Waals surface area contributed by atoms with Gasteiger partial charge in [0.25, 0.3) is 0 Å². The van der Waals surface area contributed by atoms with Gasteiger partial charge < -0.3 is 10.5 Å². The first kappa shape index (κ1) is 12.3. The SMILES string of the molecule is CC1(C)CCCN(C2(CN)CCCOC2)C1. The van der Waals surface area contributed by atoms with Crippen molar-refractivity contribution in [1.82, 2.24) is 4.90 Å². The molecule has 2 heterocycles. The summed E-state index contributed by atoms with van der Waals surface area (Å²) in [5, 5.41) is 0. The highest BCUT2D eigenvalue weighted by molar-refractivity contribution is 4.97. The van der Waals surface area contributed by atoms with Gasteiger partial charge in [0.2, 0.25) is 0 Å². The molecule has 0 aromatic carbocycles. The van der Waals surface area contributed by atoms with Crippen molar-refractivity contribution in [2.24, 2.45) is 11.1 Å². The molecule has 0 aromatic heterocycles. The molecule has 3 heteroatoms. The predicted molar refractivity (Wildman–Crippen MR) is 66.4 cm³/mol. The molecular weight excluding hydrogens is 200 g/mol. The van der Waals surface area contributed by atoms with Gasteiger partial charge in [0, 0.05) is 19.7 Å². The van der Waals surface area contributed by atoms with Crippen LogP contribution in [-0.4, -0.2) is 43.3 Å². The van der Waals surface area contributed by atoms with Gasteiger partial charge >= 0.3 is 0 Å². The predicted octanol–water partition coefficient (Wildman–Crippen LogP) is 1.62. The largest absolute Gasteiger partial charge is 0.379 e.